The molecule has 0 bridgehead atoms. The normalized spacial score (nSPS) is 10.7. The minimum atomic E-state index is 0.288. The van der Waals surface area contributed by atoms with E-state index in [9.17, 15) is 5.11 Å². The summed E-state index contributed by atoms with van der Waals surface area (Å²) in [6.45, 7) is 7.94. The van der Waals surface area contributed by atoms with E-state index < -0.39 is 0 Å². The molecule has 0 atom stereocenters. The SMILES string of the molecule is COc1c(C)cc(-c2nc(C)c(O)s2)c(C)c1C. The number of thiazole rings is 1. The van der Waals surface area contributed by atoms with Crippen molar-refractivity contribution in [1.82, 2.24) is 4.98 Å². The highest BCUT2D eigenvalue weighted by Crippen LogP contribution is 2.38. The Kier molecular flexibility index (Phi) is 3.30. The maximum absolute atomic E-state index is 9.66. The number of aromatic nitrogens is 1. The number of benzene rings is 1. The zero-order chi connectivity index (χ0) is 13.4. The van der Waals surface area contributed by atoms with Crippen molar-refractivity contribution in [1.29, 1.82) is 0 Å². The smallest absolute Gasteiger partial charge is 0.195 e. The van der Waals surface area contributed by atoms with Gasteiger partial charge in [-0.3, -0.25) is 0 Å². The summed E-state index contributed by atoms with van der Waals surface area (Å²) in [5.41, 5.74) is 5.11. The predicted molar refractivity (Wildman–Crippen MR) is 74.7 cm³/mol. The van der Waals surface area contributed by atoms with Gasteiger partial charge in [0.25, 0.3) is 0 Å². The Balaban J connectivity index is 2.66. The molecule has 18 heavy (non-hydrogen) atoms. The van der Waals surface area contributed by atoms with Gasteiger partial charge in [0.15, 0.2) is 5.06 Å². The molecule has 0 aliphatic heterocycles. The van der Waals surface area contributed by atoms with Gasteiger partial charge in [-0.15, -0.1) is 0 Å². The van der Waals surface area contributed by atoms with E-state index in [-0.39, 0.29) is 5.06 Å². The molecule has 0 fully saturated rings. The van der Waals surface area contributed by atoms with Crippen LogP contribution in [-0.4, -0.2) is 17.2 Å². The van der Waals surface area contributed by atoms with Crippen LogP contribution in [0.25, 0.3) is 10.6 Å². The van der Waals surface area contributed by atoms with Crippen molar-refractivity contribution in [2.24, 2.45) is 0 Å². The molecule has 1 aromatic carbocycles. The summed E-state index contributed by atoms with van der Waals surface area (Å²) in [5, 5.41) is 10.8. The lowest BCUT2D eigenvalue weighted by Gasteiger charge is -2.14. The first kappa shape index (κ1) is 12.9. The molecule has 3 nitrogen and oxygen atoms in total. The lowest BCUT2D eigenvalue weighted by molar-refractivity contribution is 0.408. The molecule has 2 aromatic rings. The fourth-order valence-electron chi connectivity index (χ4n) is 2.10. The van der Waals surface area contributed by atoms with Crippen molar-refractivity contribution >= 4 is 11.3 Å². The Hall–Kier alpha value is -1.55. The van der Waals surface area contributed by atoms with Gasteiger partial charge >= 0.3 is 0 Å². The lowest BCUT2D eigenvalue weighted by Crippen LogP contribution is -1.96. The highest BCUT2D eigenvalue weighted by Gasteiger charge is 2.15. The van der Waals surface area contributed by atoms with Crippen molar-refractivity contribution in [3.63, 3.8) is 0 Å². The summed E-state index contributed by atoms with van der Waals surface area (Å²) in [4.78, 5) is 4.41. The number of ether oxygens (including phenoxy) is 1. The summed E-state index contributed by atoms with van der Waals surface area (Å²) in [6.07, 6.45) is 0. The van der Waals surface area contributed by atoms with Crippen molar-refractivity contribution < 1.29 is 9.84 Å². The molecule has 0 saturated heterocycles. The third-order valence-electron chi connectivity index (χ3n) is 3.23. The first-order valence-electron chi connectivity index (χ1n) is 5.77. The Labute approximate surface area is 111 Å². The average Bonchev–Trinajstić information content (AvgIpc) is 2.65. The highest BCUT2D eigenvalue weighted by molar-refractivity contribution is 7.16. The van der Waals surface area contributed by atoms with Crippen molar-refractivity contribution in [3.8, 4) is 21.4 Å². The van der Waals surface area contributed by atoms with E-state index in [1.807, 2.05) is 20.8 Å². The Bertz CT molecular complexity index is 583. The number of methoxy groups -OCH3 is 1. The standard InChI is InChI=1S/C14H17NO2S/c1-7-6-11(8(2)9(3)12(7)17-5)13-15-10(4)14(16)18-13/h6,16H,1-5H3. The van der Waals surface area contributed by atoms with E-state index in [1.165, 1.54) is 11.3 Å². The van der Waals surface area contributed by atoms with Gasteiger partial charge in [-0.2, -0.15) is 0 Å². The molecule has 1 N–H and O–H groups in total. The van der Waals surface area contributed by atoms with E-state index in [0.717, 1.165) is 33.0 Å². The molecule has 2 rings (SSSR count). The Morgan fingerprint density at radius 2 is 1.83 bits per heavy atom. The Morgan fingerprint density at radius 1 is 1.17 bits per heavy atom. The molecule has 0 amide bonds. The van der Waals surface area contributed by atoms with Crippen molar-refractivity contribution in [3.05, 3.63) is 28.5 Å². The van der Waals surface area contributed by atoms with Crippen molar-refractivity contribution in [2.45, 2.75) is 27.7 Å². The monoisotopic (exact) mass is 263 g/mol. The highest BCUT2D eigenvalue weighted by atomic mass is 32.1. The maximum Gasteiger partial charge on any atom is 0.195 e. The fourth-order valence-corrected chi connectivity index (χ4v) is 2.98. The van der Waals surface area contributed by atoms with E-state index in [1.54, 1.807) is 7.11 Å². The molecule has 1 heterocycles. The molecule has 96 valence electrons. The number of aromatic hydroxyl groups is 1. The van der Waals surface area contributed by atoms with Gasteiger partial charge in [-0.05, 0) is 50.5 Å². The van der Waals surface area contributed by atoms with Gasteiger partial charge in [0.1, 0.15) is 10.8 Å². The van der Waals surface area contributed by atoms with Gasteiger partial charge in [0, 0.05) is 5.56 Å². The summed E-state index contributed by atoms with van der Waals surface area (Å²) in [6, 6.07) is 2.07. The minimum absolute atomic E-state index is 0.288. The maximum atomic E-state index is 9.66. The van der Waals surface area contributed by atoms with Crippen LogP contribution in [0, 0.1) is 27.7 Å². The summed E-state index contributed by atoms with van der Waals surface area (Å²) in [7, 11) is 1.69. The van der Waals surface area contributed by atoms with Gasteiger partial charge in [0.2, 0.25) is 0 Å². The van der Waals surface area contributed by atoms with Crippen molar-refractivity contribution in [2.75, 3.05) is 7.11 Å². The second-order valence-electron chi connectivity index (χ2n) is 4.43. The van der Waals surface area contributed by atoms with Crippen LogP contribution in [0.5, 0.6) is 10.8 Å². The van der Waals surface area contributed by atoms with E-state index in [4.69, 9.17) is 4.74 Å². The number of rotatable bonds is 2. The first-order chi connectivity index (χ1) is 8.45. The second kappa shape index (κ2) is 4.61. The summed E-state index contributed by atoms with van der Waals surface area (Å²) < 4.78 is 5.41. The number of hydrogen-bond acceptors (Lipinski definition) is 4. The van der Waals surface area contributed by atoms with Crippen LogP contribution in [0.1, 0.15) is 22.4 Å². The third-order valence-corrected chi connectivity index (χ3v) is 4.23. The van der Waals surface area contributed by atoms with Crippen LogP contribution in [0.2, 0.25) is 0 Å². The molecule has 0 unspecified atom stereocenters. The molecular weight excluding hydrogens is 246 g/mol. The fraction of sp³-hybridized carbons (Fsp3) is 0.357. The lowest BCUT2D eigenvalue weighted by atomic mass is 9.99. The summed E-state index contributed by atoms with van der Waals surface area (Å²) in [5.74, 6) is 0.925. The van der Waals surface area contributed by atoms with E-state index in [0.29, 0.717) is 5.69 Å². The van der Waals surface area contributed by atoms with Crippen LogP contribution in [0.15, 0.2) is 6.07 Å². The quantitative estimate of drug-likeness (QED) is 0.897. The average molecular weight is 263 g/mol. The first-order valence-corrected chi connectivity index (χ1v) is 6.59. The predicted octanol–water partition coefficient (Wildman–Crippen LogP) is 3.76. The molecule has 0 aliphatic carbocycles. The molecular formula is C14H17NO2S. The van der Waals surface area contributed by atoms with Crippen LogP contribution in [0.3, 0.4) is 0 Å². The topological polar surface area (TPSA) is 42.4 Å². The van der Waals surface area contributed by atoms with Crippen LogP contribution in [-0.2, 0) is 0 Å². The van der Waals surface area contributed by atoms with Gasteiger partial charge in [-0.25, -0.2) is 4.98 Å². The molecule has 0 radical (unpaired) electrons. The van der Waals surface area contributed by atoms with E-state index in [2.05, 4.69) is 18.0 Å². The zero-order valence-corrected chi connectivity index (χ0v) is 12.1. The molecule has 1 aromatic heterocycles. The van der Waals surface area contributed by atoms with Crippen LogP contribution in [0.4, 0.5) is 0 Å². The van der Waals surface area contributed by atoms with Crippen LogP contribution < -0.4 is 4.74 Å². The largest absolute Gasteiger partial charge is 0.498 e. The van der Waals surface area contributed by atoms with Gasteiger partial charge in [-0.1, -0.05) is 11.3 Å². The molecule has 0 saturated carbocycles. The van der Waals surface area contributed by atoms with Crippen LogP contribution >= 0.6 is 11.3 Å². The third kappa shape index (κ3) is 1.97. The zero-order valence-electron chi connectivity index (χ0n) is 11.3. The summed E-state index contributed by atoms with van der Waals surface area (Å²) >= 11 is 1.32. The molecule has 4 heteroatoms. The number of aryl methyl sites for hydroxylation is 2. The Morgan fingerprint density at radius 3 is 2.33 bits per heavy atom. The molecule has 0 aliphatic rings. The van der Waals surface area contributed by atoms with E-state index >= 15 is 0 Å². The van der Waals surface area contributed by atoms with Gasteiger partial charge in [0.05, 0.1) is 12.8 Å². The van der Waals surface area contributed by atoms with Gasteiger partial charge < -0.3 is 9.84 Å². The number of nitrogens with zero attached hydrogens (tertiary/aromatic N) is 1. The number of hydrogen-bond donors (Lipinski definition) is 1. The minimum Gasteiger partial charge on any atom is -0.498 e. The molecule has 0 spiro atoms. The second-order valence-corrected chi connectivity index (χ2v) is 5.41.